The number of hydrogen-bond acceptors (Lipinski definition) is 4. The third-order valence-corrected chi connectivity index (χ3v) is 5.64. The predicted molar refractivity (Wildman–Crippen MR) is 126 cm³/mol. The number of aryl methyl sites for hydroxylation is 1. The van der Waals surface area contributed by atoms with Gasteiger partial charge in [-0.3, -0.25) is 9.36 Å². The Morgan fingerprint density at radius 3 is 2.41 bits per heavy atom. The van der Waals surface area contributed by atoms with Crippen molar-refractivity contribution in [1.82, 2.24) is 9.55 Å². The average Bonchev–Trinajstić information content (AvgIpc) is 2.81. The molecular formula is C26H26FN3O2. The van der Waals surface area contributed by atoms with Gasteiger partial charge in [0.05, 0.1) is 23.6 Å². The first-order valence-corrected chi connectivity index (χ1v) is 10.6. The highest BCUT2D eigenvalue weighted by molar-refractivity contribution is 5.83. The van der Waals surface area contributed by atoms with Crippen LogP contribution in [0.2, 0.25) is 0 Å². The predicted octanol–water partition coefficient (Wildman–Crippen LogP) is 5.24. The fraction of sp³-hybridized carbons (Fsp3) is 0.231. The average molecular weight is 432 g/mol. The molecule has 0 amide bonds. The van der Waals surface area contributed by atoms with Gasteiger partial charge in [-0.2, -0.15) is 0 Å². The molecule has 0 saturated carbocycles. The standard InChI is InChI=1S/C26H26FN3O2/c1-4-32-17-25(19-8-6-5-7-9-19)30-18(2)28-24-15-14-22(16-23(24)26(30)31)29(3)21-12-10-20(27)11-13-21/h5-16,25H,4,17H2,1-3H3. The summed E-state index contributed by atoms with van der Waals surface area (Å²) in [5, 5.41) is 0.527. The van der Waals surface area contributed by atoms with Gasteiger partial charge in [-0.25, -0.2) is 9.37 Å². The van der Waals surface area contributed by atoms with Crippen LogP contribution in [0.25, 0.3) is 10.9 Å². The van der Waals surface area contributed by atoms with Crippen molar-refractivity contribution in [3.05, 3.63) is 100 Å². The van der Waals surface area contributed by atoms with E-state index >= 15 is 0 Å². The molecule has 0 aliphatic carbocycles. The zero-order chi connectivity index (χ0) is 22.7. The Morgan fingerprint density at radius 1 is 1.03 bits per heavy atom. The van der Waals surface area contributed by atoms with Gasteiger partial charge in [0.15, 0.2) is 0 Å². The fourth-order valence-electron chi connectivity index (χ4n) is 3.91. The molecule has 5 nitrogen and oxygen atoms in total. The third kappa shape index (κ3) is 4.27. The highest BCUT2D eigenvalue weighted by Crippen LogP contribution is 2.27. The van der Waals surface area contributed by atoms with E-state index in [1.165, 1.54) is 12.1 Å². The van der Waals surface area contributed by atoms with Crippen LogP contribution < -0.4 is 10.5 Å². The first-order chi connectivity index (χ1) is 15.5. The number of halogens is 1. The summed E-state index contributed by atoms with van der Waals surface area (Å²) in [5.74, 6) is 0.347. The summed E-state index contributed by atoms with van der Waals surface area (Å²) < 4.78 is 20.8. The maximum absolute atomic E-state index is 13.7. The van der Waals surface area contributed by atoms with Gasteiger partial charge in [0.1, 0.15) is 11.6 Å². The lowest BCUT2D eigenvalue weighted by atomic mass is 10.1. The molecule has 4 aromatic rings. The van der Waals surface area contributed by atoms with E-state index in [9.17, 15) is 9.18 Å². The summed E-state index contributed by atoms with van der Waals surface area (Å²) in [6, 6.07) is 21.4. The lowest BCUT2D eigenvalue weighted by Crippen LogP contribution is -2.31. The van der Waals surface area contributed by atoms with Crippen LogP contribution in [0.4, 0.5) is 15.8 Å². The van der Waals surface area contributed by atoms with E-state index in [4.69, 9.17) is 9.72 Å². The van der Waals surface area contributed by atoms with E-state index in [0.717, 1.165) is 16.9 Å². The third-order valence-electron chi connectivity index (χ3n) is 5.64. The zero-order valence-electron chi connectivity index (χ0n) is 18.5. The van der Waals surface area contributed by atoms with Gasteiger partial charge in [-0.05, 0) is 61.9 Å². The minimum absolute atomic E-state index is 0.115. The number of aromatic nitrogens is 2. The molecule has 0 fully saturated rings. The fourth-order valence-corrected chi connectivity index (χ4v) is 3.91. The number of benzene rings is 3. The van der Waals surface area contributed by atoms with Crippen LogP contribution in [-0.2, 0) is 4.74 Å². The van der Waals surface area contributed by atoms with E-state index in [2.05, 4.69) is 0 Å². The summed E-state index contributed by atoms with van der Waals surface area (Å²) in [5.41, 5.74) is 3.16. The van der Waals surface area contributed by atoms with Crippen molar-refractivity contribution in [3.63, 3.8) is 0 Å². The number of nitrogens with zero attached hydrogens (tertiary/aromatic N) is 3. The van der Waals surface area contributed by atoms with Crippen molar-refractivity contribution in [2.45, 2.75) is 19.9 Å². The number of fused-ring (bicyclic) bond motifs is 1. The van der Waals surface area contributed by atoms with Crippen molar-refractivity contribution in [2.75, 3.05) is 25.2 Å². The van der Waals surface area contributed by atoms with Crippen LogP contribution in [0.3, 0.4) is 0 Å². The maximum Gasteiger partial charge on any atom is 0.262 e. The molecule has 1 unspecified atom stereocenters. The van der Waals surface area contributed by atoms with Gasteiger partial charge < -0.3 is 9.64 Å². The van der Waals surface area contributed by atoms with E-state index in [1.54, 1.807) is 16.7 Å². The molecule has 0 aliphatic rings. The van der Waals surface area contributed by atoms with Crippen LogP contribution in [0, 0.1) is 12.7 Å². The summed E-state index contributed by atoms with van der Waals surface area (Å²) in [7, 11) is 1.89. The van der Waals surface area contributed by atoms with E-state index in [-0.39, 0.29) is 17.4 Å². The molecule has 0 N–H and O–H groups in total. The quantitative estimate of drug-likeness (QED) is 0.402. The van der Waals surface area contributed by atoms with Crippen molar-refractivity contribution in [3.8, 4) is 0 Å². The molecule has 4 rings (SSSR count). The summed E-state index contributed by atoms with van der Waals surface area (Å²) in [4.78, 5) is 20.3. The molecule has 0 spiro atoms. The van der Waals surface area contributed by atoms with Crippen LogP contribution in [-0.4, -0.2) is 29.8 Å². The van der Waals surface area contributed by atoms with Crippen LogP contribution in [0.15, 0.2) is 77.6 Å². The molecule has 164 valence electrons. The Labute approximate surface area is 186 Å². The number of ether oxygens (including phenoxy) is 1. The normalized spacial score (nSPS) is 12.1. The van der Waals surface area contributed by atoms with Crippen LogP contribution in [0.1, 0.15) is 24.4 Å². The van der Waals surface area contributed by atoms with Gasteiger partial charge in [0.25, 0.3) is 5.56 Å². The van der Waals surface area contributed by atoms with Gasteiger partial charge in [-0.15, -0.1) is 0 Å². The smallest absolute Gasteiger partial charge is 0.262 e. The summed E-state index contributed by atoms with van der Waals surface area (Å²) in [6.45, 7) is 4.73. The van der Waals surface area contributed by atoms with Gasteiger partial charge in [0, 0.05) is 25.0 Å². The Kier molecular flexibility index (Phi) is 6.32. The summed E-state index contributed by atoms with van der Waals surface area (Å²) >= 11 is 0. The van der Waals surface area contributed by atoms with Crippen molar-refractivity contribution in [1.29, 1.82) is 0 Å². The van der Waals surface area contributed by atoms with Crippen LogP contribution >= 0.6 is 0 Å². The molecule has 1 atom stereocenters. The largest absolute Gasteiger partial charge is 0.379 e. The van der Waals surface area contributed by atoms with Gasteiger partial charge >= 0.3 is 0 Å². The van der Waals surface area contributed by atoms with Crippen molar-refractivity contribution >= 4 is 22.3 Å². The molecule has 1 aromatic heterocycles. The molecule has 0 aliphatic heterocycles. The van der Waals surface area contributed by atoms with E-state index in [1.807, 2.05) is 74.3 Å². The molecule has 6 heteroatoms. The highest BCUT2D eigenvalue weighted by atomic mass is 19.1. The Morgan fingerprint density at radius 2 is 1.72 bits per heavy atom. The Hall–Kier alpha value is -3.51. The zero-order valence-corrected chi connectivity index (χ0v) is 18.5. The Balaban J connectivity index is 1.83. The highest BCUT2D eigenvalue weighted by Gasteiger charge is 2.20. The second kappa shape index (κ2) is 9.32. The minimum atomic E-state index is -0.288. The molecule has 0 bridgehead atoms. The van der Waals surface area contributed by atoms with Crippen LogP contribution in [0.5, 0.6) is 0 Å². The van der Waals surface area contributed by atoms with E-state index < -0.39 is 0 Å². The van der Waals surface area contributed by atoms with Crippen molar-refractivity contribution < 1.29 is 9.13 Å². The number of anilines is 2. The number of hydrogen-bond donors (Lipinski definition) is 0. The molecule has 1 heterocycles. The molecule has 3 aromatic carbocycles. The first kappa shape index (κ1) is 21.7. The van der Waals surface area contributed by atoms with Crippen molar-refractivity contribution in [2.24, 2.45) is 0 Å². The minimum Gasteiger partial charge on any atom is -0.379 e. The van der Waals surface area contributed by atoms with E-state index in [0.29, 0.717) is 29.9 Å². The lowest BCUT2D eigenvalue weighted by Gasteiger charge is -2.23. The topological polar surface area (TPSA) is 47.4 Å². The Bertz CT molecular complexity index is 1270. The monoisotopic (exact) mass is 431 g/mol. The number of rotatable bonds is 7. The first-order valence-electron chi connectivity index (χ1n) is 10.6. The SMILES string of the molecule is CCOCC(c1ccccc1)n1c(C)nc2ccc(N(C)c3ccc(F)cc3)cc2c1=O. The molecule has 0 radical (unpaired) electrons. The molecule has 0 saturated heterocycles. The summed E-state index contributed by atoms with van der Waals surface area (Å²) in [6.07, 6.45) is 0. The second-order valence-corrected chi connectivity index (χ2v) is 7.66. The molecule has 32 heavy (non-hydrogen) atoms. The van der Waals surface area contributed by atoms with Gasteiger partial charge in [-0.1, -0.05) is 30.3 Å². The lowest BCUT2D eigenvalue weighted by molar-refractivity contribution is 0.123. The maximum atomic E-state index is 13.7. The second-order valence-electron chi connectivity index (χ2n) is 7.66. The van der Waals surface area contributed by atoms with Gasteiger partial charge in [0.2, 0.25) is 0 Å². The molecular weight excluding hydrogens is 405 g/mol.